The average Bonchev–Trinajstić information content (AvgIpc) is 3.27. The molecular formula is C32H39N5O. The number of nitrogens with zero attached hydrogens (tertiary/aromatic N) is 4. The number of pyridine rings is 1. The van der Waals surface area contributed by atoms with Gasteiger partial charge in [0.15, 0.2) is 0 Å². The number of amides is 1. The molecule has 0 unspecified atom stereocenters. The van der Waals surface area contributed by atoms with Gasteiger partial charge in [-0.15, -0.1) is 0 Å². The minimum Gasteiger partial charge on any atom is -0.367 e. The molecule has 6 nitrogen and oxygen atoms in total. The monoisotopic (exact) mass is 509 g/mol. The van der Waals surface area contributed by atoms with Gasteiger partial charge in [0.1, 0.15) is 0 Å². The summed E-state index contributed by atoms with van der Waals surface area (Å²) in [5.41, 5.74) is 7.48. The Hall–Kier alpha value is -3.64. The number of para-hydroxylation sites is 1. The van der Waals surface area contributed by atoms with E-state index >= 15 is 0 Å². The highest BCUT2D eigenvalue weighted by Gasteiger charge is 2.20. The molecule has 0 spiro atoms. The summed E-state index contributed by atoms with van der Waals surface area (Å²) in [6.45, 7) is 12.9. The van der Waals surface area contributed by atoms with Gasteiger partial charge in [-0.25, -0.2) is 0 Å². The zero-order valence-electron chi connectivity index (χ0n) is 22.9. The van der Waals surface area contributed by atoms with Gasteiger partial charge >= 0.3 is 0 Å². The van der Waals surface area contributed by atoms with Crippen molar-refractivity contribution < 1.29 is 4.79 Å². The molecule has 0 atom stereocenters. The van der Waals surface area contributed by atoms with E-state index in [0.29, 0.717) is 6.54 Å². The van der Waals surface area contributed by atoms with Gasteiger partial charge in [0.05, 0.1) is 16.8 Å². The number of carbonyl (C=O) groups is 1. The molecule has 1 amide bonds. The first-order valence-electron chi connectivity index (χ1n) is 13.9. The molecule has 1 aliphatic heterocycles. The smallest absolute Gasteiger partial charge is 0.253 e. The van der Waals surface area contributed by atoms with Crippen molar-refractivity contribution in [2.45, 2.75) is 40.2 Å². The zero-order valence-corrected chi connectivity index (χ0v) is 22.9. The van der Waals surface area contributed by atoms with Crippen molar-refractivity contribution in [1.82, 2.24) is 19.8 Å². The Labute approximate surface area is 226 Å². The number of rotatable bonds is 9. The van der Waals surface area contributed by atoms with Gasteiger partial charge in [-0.2, -0.15) is 0 Å². The van der Waals surface area contributed by atoms with Gasteiger partial charge in [-0.05, 0) is 57.0 Å². The first kappa shape index (κ1) is 26.0. The lowest BCUT2D eigenvalue weighted by Crippen LogP contribution is -2.47. The second-order valence-electron chi connectivity index (χ2n) is 10.3. The predicted molar refractivity (Wildman–Crippen MR) is 157 cm³/mol. The minimum atomic E-state index is 0.0260. The maximum absolute atomic E-state index is 13.1. The number of hydrogen-bond donors (Lipinski definition) is 1. The number of fused-ring (bicyclic) bond motifs is 1. The van der Waals surface area contributed by atoms with Crippen LogP contribution in [-0.4, -0.2) is 59.6 Å². The topological polar surface area (TPSA) is 53.4 Å². The van der Waals surface area contributed by atoms with Crippen molar-refractivity contribution in [2.75, 3.05) is 44.2 Å². The largest absolute Gasteiger partial charge is 0.367 e. The Morgan fingerprint density at radius 3 is 2.47 bits per heavy atom. The van der Waals surface area contributed by atoms with E-state index in [1.807, 2.05) is 18.2 Å². The number of piperazine rings is 1. The molecule has 0 bridgehead atoms. The standard InChI is InChI=1S/C32H39N5O/c1-4-17-37-25(3)28(23-30(37)26-10-6-5-7-11-26)32(38)33-16-9-18-35-19-21-36(22-20-35)29-13-8-12-27-15-14-24(2)34-31(27)29/h5-8,10-15,23H,4,9,16-22H2,1-3H3,(H,33,38). The van der Waals surface area contributed by atoms with Gasteiger partial charge in [0.25, 0.3) is 5.91 Å². The second-order valence-corrected chi connectivity index (χ2v) is 10.3. The van der Waals surface area contributed by atoms with E-state index in [0.717, 1.165) is 85.8 Å². The molecule has 1 fully saturated rings. The van der Waals surface area contributed by atoms with Crippen LogP contribution in [0.15, 0.2) is 66.7 Å². The summed E-state index contributed by atoms with van der Waals surface area (Å²) in [6, 6.07) is 23.1. The summed E-state index contributed by atoms with van der Waals surface area (Å²) in [5.74, 6) is 0.0260. The minimum absolute atomic E-state index is 0.0260. The third kappa shape index (κ3) is 5.60. The molecule has 1 aliphatic rings. The number of carbonyl (C=O) groups excluding carboxylic acids is 1. The Balaban J connectivity index is 1.13. The van der Waals surface area contributed by atoms with E-state index < -0.39 is 0 Å². The molecule has 198 valence electrons. The Kier molecular flexibility index (Phi) is 8.08. The third-order valence-corrected chi connectivity index (χ3v) is 7.62. The van der Waals surface area contributed by atoms with Crippen molar-refractivity contribution in [2.24, 2.45) is 0 Å². The van der Waals surface area contributed by atoms with Crippen LogP contribution in [0.1, 0.15) is 41.5 Å². The fourth-order valence-corrected chi connectivity index (χ4v) is 5.53. The Morgan fingerprint density at radius 1 is 0.921 bits per heavy atom. The lowest BCUT2D eigenvalue weighted by atomic mass is 10.1. The van der Waals surface area contributed by atoms with Crippen LogP contribution in [0, 0.1) is 13.8 Å². The summed E-state index contributed by atoms with van der Waals surface area (Å²) >= 11 is 0. The molecule has 1 N–H and O–H groups in total. The number of aromatic nitrogens is 2. The molecule has 3 heterocycles. The molecule has 2 aromatic carbocycles. The SMILES string of the molecule is CCCn1c(-c2ccccc2)cc(C(=O)NCCCN2CCN(c3cccc4ccc(C)nc34)CC2)c1C. The molecule has 0 radical (unpaired) electrons. The van der Waals surface area contributed by atoms with E-state index in [1.54, 1.807) is 0 Å². The van der Waals surface area contributed by atoms with E-state index in [9.17, 15) is 4.79 Å². The van der Waals surface area contributed by atoms with Crippen LogP contribution in [-0.2, 0) is 6.54 Å². The number of anilines is 1. The van der Waals surface area contributed by atoms with E-state index in [2.05, 4.69) is 89.0 Å². The average molecular weight is 510 g/mol. The molecule has 6 heteroatoms. The van der Waals surface area contributed by atoms with Gasteiger partial charge in [0.2, 0.25) is 0 Å². The summed E-state index contributed by atoms with van der Waals surface area (Å²) in [6.07, 6.45) is 1.97. The molecule has 1 saturated heterocycles. The lowest BCUT2D eigenvalue weighted by Gasteiger charge is -2.36. The van der Waals surface area contributed by atoms with Crippen molar-refractivity contribution >= 4 is 22.5 Å². The highest BCUT2D eigenvalue weighted by atomic mass is 16.1. The molecule has 2 aromatic heterocycles. The van der Waals surface area contributed by atoms with Crippen LogP contribution in [0.5, 0.6) is 0 Å². The third-order valence-electron chi connectivity index (χ3n) is 7.62. The normalized spacial score (nSPS) is 14.2. The highest BCUT2D eigenvalue weighted by molar-refractivity contribution is 5.97. The van der Waals surface area contributed by atoms with E-state index in [4.69, 9.17) is 4.98 Å². The first-order valence-corrected chi connectivity index (χ1v) is 13.9. The number of hydrogen-bond acceptors (Lipinski definition) is 4. The van der Waals surface area contributed by atoms with E-state index in [-0.39, 0.29) is 5.91 Å². The van der Waals surface area contributed by atoms with Crippen molar-refractivity contribution in [3.8, 4) is 11.3 Å². The Bertz CT molecular complexity index is 1390. The summed E-state index contributed by atoms with van der Waals surface area (Å²) in [4.78, 5) is 22.9. The van der Waals surface area contributed by atoms with Crippen LogP contribution >= 0.6 is 0 Å². The predicted octanol–water partition coefficient (Wildman–Crippen LogP) is 5.67. The fraction of sp³-hybridized carbons (Fsp3) is 0.375. The van der Waals surface area contributed by atoms with Crippen LogP contribution in [0.4, 0.5) is 5.69 Å². The molecule has 5 rings (SSSR count). The quantitative estimate of drug-likeness (QED) is 0.295. The fourth-order valence-electron chi connectivity index (χ4n) is 5.53. The van der Waals surface area contributed by atoms with E-state index in [1.165, 1.54) is 11.1 Å². The molecular weight excluding hydrogens is 470 g/mol. The highest BCUT2D eigenvalue weighted by Crippen LogP contribution is 2.27. The van der Waals surface area contributed by atoms with Crippen LogP contribution < -0.4 is 10.2 Å². The summed E-state index contributed by atoms with van der Waals surface area (Å²) in [7, 11) is 0. The number of benzene rings is 2. The van der Waals surface area contributed by atoms with Crippen molar-refractivity contribution in [1.29, 1.82) is 0 Å². The number of aryl methyl sites for hydroxylation is 1. The van der Waals surface area contributed by atoms with Gasteiger partial charge < -0.3 is 14.8 Å². The lowest BCUT2D eigenvalue weighted by molar-refractivity contribution is 0.0950. The van der Waals surface area contributed by atoms with Crippen molar-refractivity contribution in [3.63, 3.8) is 0 Å². The Morgan fingerprint density at radius 2 is 1.71 bits per heavy atom. The van der Waals surface area contributed by atoms with Crippen molar-refractivity contribution in [3.05, 3.63) is 83.7 Å². The van der Waals surface area contributed by atoms with Gasteiger partial charge in [-0.3, -0.25) is 14.7 Å². The maximum Gasteiger partial charge on any atom is 0.253 e. The van der Waals surface area contributed by atoms with Gasteiger partial charge in [-0.1, -0.05) is 55.5 Å². The summed E-state index contributed by atoms with van der Waals surface area (Å²) < 4.78 is 2.27. The van der Waals surface area contributed by atoms with Crippen LogP contribution in [0.3, 0.4) is 0 Å². The van der Waals surface area contributed by atoms with Crippen LogP contribution in [0.2, 0.25) is 0 Å². The first-order chi connectivity index (χ1) is 18.5. The second kappa shape index (κ2) is 11.8. The zero-order chi connectivity index (χ0) is 26.5. The molecule has 0 aliphatic carbocycles. The molecule has 38 heavy (non-hydrogen) atoms. The molecule has 4 aromatic rings. The number of nitrogens with one attached hydrogen (secondary N) is 1. The van der Waals surface area contributed by atoms with Crippen LogP contribution in [0.25, 0.3) is 22.2 Å². The maximum atomic E-state index is 13.1. The summed E-state index contributed by atoms with van der Waals surface area (Å²) in [5, 5.41) is 4.37. The van der Waals surface area contributed by atoms with Gasteiger partial charge in [0, 0.05) is 61.7 Å². The molecule has 0 saturated carbocycles.